The molecule has 10 nitrogen and oxygen atoms in total. The molecular weight excluding hydrogens is 402 g/mol. The lowest BCUT2D eigenvalue weighted by Gasteiger charge is -2.15. The molecule has 0 radical (unpaired) electrons. The van der Waals surface area contributed by atoms with Gasteiger partial charge in [-0.25, -0.2) is 4.79 Å². The summed E-state index contributed by atoms with van der Waals surface area (Å²) < 4.78 is 10.6. The second-order valence-electron chi connectivity index (χ2n) is 6.61. The molecule has 1 amide bonds. The van der Waals surface area contributed by atoms with Crippen molar-refractivity contribution in [2.24, 2.45) is 0 Å². The SMILES string of the molecule is COC(=O)C1=C(Nc2ccccc2-c2nnc(-c3ccncc3)o2)C(=O)N(CCO)C1. The number of ether oxygens (including phenoxy) is 1. The standard InChI is InChI=1S/C21H19N5O5/c1-30-21(29)15-12-26(10-11-27)20(28)17(15)23-16-5-3-2-4-14(16)19-25-24-18(31-19)13-6-8-22-9-7-13/h2-9,23,27H,10-12H2,1H3. The summed E-state index contributed by atoms with van der Waals surface area (Å²) in [6.45, 7) is -0.0712. The van der Waals surface area contributed by atoms with E-state index in [1.54, 1.807) is 48.8 Å². The highest BCUT2D eigenvalue weighted by atomic mass is 16.5. The van der Waals surface area contributed by atoms with Gasteiger partial charge < -0.3 is 24.5 Å². The van der Waals surface area contributed by atoms with E-state index in [0.29, 0.717) is 17.1 Å². The Labute approximate surface area is 177 Å². The number of β-amino-alcohol motifs (C(OH)–C–C–N with tert-alkyl or cyclic N) is 1. The Bertz CT molecular complexity index is 1140. The molecule has 31 heavy (non-hydrogen) atoms. The highest BCUT2D eigenvalue weighted by Gasteiger charge is 2.34. The van der Waals surface area contributed by atoms with E-state index in [-0.39, 0.29) is 36.9 Å². The smallest absolute Gasteiger partial charge is 0.337 e. The number of hydrogen-bond acceptors (Lipinski definition) is 9. The van der Waals surface area contributed by atoms with Crippen LogP contribution >= 0.6 is 0 Å². The predicted molar refractivity (Wildman–Crippen MR) is 109 cm³/mol. The van der Waals surface area contributed by atoms with Crippen molar-refractivity contribution in [1.82, 2.24) is 20.1 Å². The first-order chi connectivity index (χ1) is 15.1. The first-order valence-corrected chi connectivity index (χ1v) is 9.44. The maximum Gasteiger partial charge on any atom is 0.337 e. The fraction of sp³-hybridized carbons (Fsp3) is 0.190. The lowest BCUT2D eigenvalue weighted by molar-refractivity contribution is -0.136. The molecule has 0 fully saturated rings. The van der Waals surface area contributed by atoms with Crippen LogP contribution in [0.4, 0.5) is 5.69 Å². The van der Waals surface area contributed by atoms with Crippen molar-refractivity contribution < 1.29 is 23.8 Å². The minimum atomic E-state index is -0.619. The molecule has 0 bridgehead atoms. The van der Waals surface area contributed by atoms with E-state index in [0.717, 1.165) is 5.56 Å². The molecule has 1 aliphatic heterocycles. The van der Waals surface area contributed by atoms with E-state index in [9.17, 15) is 14.7 Å². The third kappa shape index (κ3) is 4.01. The summed E-state index contributed by atoms with van der Waals surface area (Å²) in [5, 5.41) is 20.4. The number of aromatic nitrogens is 3. The zero-order valence-corrected chi connectivity index (χ0v) is 16.6. The van der Waals surface area contributed by atoms with Gasteiger partial charge in [0, 0.05) is 24.5 Å². The number of esters is 1. The molecule has 0 spiro atoms. The predicted octanol–water partition coefficient (Wildman–Crippen LogP) is 1.47. The summed E-state index contributed by atoms with van der Waals surface area (Å²) in [4.78, 5) is 30.3. The fourth-order valence-corrected chi connectivity index (χ4v) is 3.21. The monoisotopic (exact) mass is 421 g/mol. The van der Waals surface area contributed by atoms with Crippen LogP contribution in [0.5, 0.6) is 0 Å². The van der Waals surface area contributed by atoms with Gasteiger partial charge in [-0.15, -0.1) is 10.2 Å². The van der Waals surface area contributed by atoms with E-state index >= 15 is 0 Å². The topological polar surface area (TPSA) is 131 Å². The molecule has 4 rings (SSSR count). The van der Waals surface area contributed by atoms with E-state index in [4.69, 9.17) is 9.15 Å². The summed E-state index contributed by atoms with van der Waals surface area (Å²) in [6, 6.07) is 10.6. The minimum absolute atomic E-state index is 0.0450. The number of aliphatic hydroxyl groups is 1. The van der Waals surface area contributed by atoms with Gasteiger partial charge in [0.2, 0.25) is 11.8 Å². The number of nitrogens with one attached hydrogen (secondary N) is 1. The number of carbonyl (C=O) groups is 2. The Morgan fingerprint density at radius 2 is 1.94 bits per heavy atom. The number of nitrogens with zero attached hydrogens (tertiary/aromatic N) is 4. The number of rotatable bonds is 7. The Morgan fingerprint density at radius 1 is 1.19 bits per heavy atom. The van der Waals surface area contributed by atoms with Crippen LogP contribution in [0, 0.1) is 0 Å². The average Bonchev–Trinajstić information content (AvgIpc) is 3.41. The van der Waals surface area contributed by atoms with Gasteiger partial charge in [0.25, 0.3) is 5.91 Å². The Morgan fingerprint density at radius 3 is 2.68 bits per heavy atom. The lowest BCUT2D eigenvalue weighted by Crippen LogP contribution is -2.31. The number of methoxy groups -OCH3 is 1. The van der Waals surface area contributed by atoms with Crippen LogP contribution in [0.25, 0.3) is 22.9 Å². The minimum Gasteiger partial charge on any atom is -0.466 e. The molecule has 2 N–H and O–H groups in total. The fourth-order valence-electron chi connectivity index (χ4n) is 3.21. The van der Waals surface area contributed by atoms with Crippen molar-refractivity contribution in [2.75, 3.05) is 32.1 Å². The number of para-hydroxylation sites is 1. The summed E-state index contributed by atoms with van der Waals surface area (Å²) in [5.74, 6) is -0.459. The Hall–Kier alpha value is -4.05. The quantitative estimate of drug-likeness (QED) is 0.545. The normalized spacial score (nSPS) is 13.6. The molecule has 0 atom stereocenters. The molecule has 0 unspecified atom stereocenters. The van der Waals surface area contributed by atoms with Gasteiger partial charge in [-0.3, -0.25) is 9.78 Å². The molecule has 1 aromatic carbocycles. The number of carbonyl (C=O) groups excluding carboxylic acids is 2. The third-order valence-electron chi connectivity index (χ3n) is 4.72. The second-order valence-corrected chi connectivity index (χ2v) is 6.61. The number of anilines is 1. The van der Waals surface area contributed by atoms with Gasteiger partial charge in [0.05, 0.1) is 37.1 Å². The molecule has 1 aliphatic rings. The van der Waals surface area contributed by atoms with Crippen molar-refractivity contribution in [3.63, 3.8) is 0 Å². The number of pyridine rings is 1. The molecule has 3 aromatic rings. The van der Waals surface area contributed by atoms with Gasteiger partial charge in [-0.05, 0) is 24.3 Å². The van der Waals surface area contributed by atoms with Crippen molar-refractivity contribution in [1.29, 1.82) is 0 Å². The highest BCUT2D eigenvalue weighted by molar-refractivity contribution is 6.09. The van der Waals surface area contributed by atoms with E-state index in [1.165, 1.54) is 12.0 Å². The molecule has 158 valence electrons. The van der Waals surface area contributed by atoms with Crippen molar-refractivity contribution >= 4 is 17.6 Å². The van der Waals surface area contributed by atoms with Crippen LogP contribution in [0.15, 0.2) is 64.5 Å². The maximum absolute atomic E-state index is 12.8. The Kier molecular flexibility index (Phi) is 5.72. The van der Waals surface area contributed by atoms with Gasteiger partial charge in [-0.1, -0.05) is 12.1 Å². The summed E-state index contributed by atoms with van der Waals surface area (Å²) in [5.41, 5.74) is 2.05. The van der Waals surface area contributed by atoms with E-state index in [2.05, 4.69) is 20.5 Å². The van der Waals surface area contributed by atoms with Crippen LogP contribution in [0.3, 0.4) is 0 Å². The molecule has 0 saturated carbocycles. The molecule has 0 aliphatic carbocycles. The summed E-state index contributed by atoms with van der Waals surface area (Å²) >= 11 is 0. The van der Waals surface area contributed by atoms with Crippen LogP contribution < -0.4 is 5.32 Å². The zero-order chi connectivity index (χ0) is 21.8. The van der Waals surface area contributed by atoms with Gasteiger partial charge in [0.1, 0.15) is 5.70 Å². The highest BCUT2D eigenvalue weighted by Crippen LogP contribution is 2.32. The van der Waals surface area contributed by atoms with E-state index in [1.807, 2.05) is 0 Å². The van der Waals surface area contributed by atoms with Crippen molar-refractivity contribution in [3.05, 3.63) is 60.1 Å². The summed E-state index contributed by atoms with van der Waals surface area (Å²) in [6.07, 6.45) is 3.25. The number of aliphatic hydroxyl groups excluding tert-OH is 1. The van der Waals surface area contributed by atoms with Crippen LogP contribution in [-0.4, -0.2) is 63.9 Å². The third-order valence-corrected chi connectivity index (χ3v) is 4.72. The first kappa shape index (κ1) is 20.2. The molecule has 0 saturated heterocycles. The largest absolute Gasteiger partial charge is 0.466 e. The zero-order valence-electron chi connectivity index (χ0n) is 16.6. The van der Waals surface area contributed by atoms with E-state index < -0.39 is 11.9 Å². The Balaban J connectivity index is 1.68. The van der Waals surface area contributed by atoms with Crippen LogP contribution in [0.1, 0.15) is 0 Å². The summed E-state index contributed by atoms with van der Waals surface area (Å²) in [7, 11) is 1.25. The maximum atomic E-state index is 12.8. The number of amides is 1. The van der Waals surface area contributed by atoms with Crippen LogP contribution in [0.2, 0.25) is 0 Å². The van der Waals surface area contributed by atoms with Gasteiger partial charge in [0.15, 0.2) is 0 Å². The van der Waals surface area contributed by atoms with Gasteiger partial charge >= 0.3 is 5.97 Å². The van der Waals surface area contributed by atoms with Crippen molar-refractivity contribution in [2.45, 2.75) is 0 Å². The molecule has 2 aromatic heterocycles. The average molecular weight is 421 g/mol. The first-order valence-electron chi connectivity index (χ1n) is 9.44. The van der Waals surface area contributed by atoms with Crippen molar-refractivity contribution in [3.8, 4) is 22.9 Å². The molecular formula is C21H19N5O5. The second kappa shape index (κ2) is 8.76. The van der Waals surface area contributed by atoms with Gasteiger partial charge in [-0.2, -0.15) is 0 Å². The number of hydrogen-bond donors (Lipinski definition) is 2. The van der Waals surface area contributed by atoms with Crippen LogP contribution in [-0.2, 0) is 14.3 Å². The number of benzene rings is 1. The lowest BCUT2D eigenvalue weighted by atomic mass is 10.1. The molecule has 3 heterocycles. The molecule has 10 heteroatoms.